The molecule has 0 aromatic heterocycles. The number of hydrogen-bond donors (Lipinski definition) is 3. The molecule has 2 aliphatic rings. The van der Waals surface area contributed by atoms with E-state index in [1.165, 1.54) is 11.2 Å². The Kier molecular flexibility index (Phi) is 9.86. The van der Waals surface area contributed by atoms with Gasteiger partial charge in [-0.1, -0.05) is 53.7 Å². The largest absolute Gasteiger partial charge is 0.481 e. The van der Waals surface area contributed by atoms with Gasteiger partial charge in [0.25, 0.3) is 5.91 Å². The molecule has 0 aliphatic carbocycles. The normalized spacial score (nSPS) is 18.0. The minimum Gasteiger partial charge on any atom is -0.481 e. The van der Waals surface area contributed by atoms with Crippen molar-refractivity contribution in [3.05, 3.63) is 71.8 Å². The molecule has 41 heavy (non-hydrogen) atoms. The lowest BCUT2D eigenvalue weighted by molar-refractivity contribution is -0.155. The number of hydrazine groups is 2. The molecule has 0 bridgehead atoms. The molecule has 0 spiro atoms. The Balaban J connectivity index is 1.43. The molecule has 13 nitrogen and oxygen atoms in total. The monoisotopic (exact) mass is 564 g/mol. The van der Waals surface area contributed by atoms with Gasteiger partial charge < -0.3 is 15.3 Å². The lowest BCUT2D eigenvalue weighted by Crippen LogP contribution is -2.64. The molecule has 2 fully saturated rings. The van der Waals surface area contributed by atoms with E-state index in [1.54, 1.807) is 30.3 Å². The van der Waals surface area contributed by atoms with E-state index in [0.717, 1.165) is 15.6 Å². The van der Waals surface area contributed by atoms with Crippen molar-refractivity contribution in [1.82, 2.24) is 25.8 Å². The molecule has 4 rings (SSSR count). The average molecular weight is 565 g/mol. The smallest absolute Gasteiger partial charge is 0.358 e. The molecule has 2 saturated heterocycles. The maximum atomic E-state index is 13.6. The summed E-state index contributed by atoms with van der Waals surface area (Å²) in [7, 11) is 0. The van der Waals surface area contributed by atoms with E-state index >= 15 is 0 Å². The molecule has 216 valence electrons. The van der Waals surface area contributed by atoms with Crippen molar-refractivity contribution >= 4 is 35.9 Å². The van der Waals surface area contributed by atoms with Crippen LogP contribution in [0.25, 0.3) is 0 Å². The molecule has 2 aromatic rings. The van der Waals surface area contributed by atoms with Crippen LogP contribution in [0.15, 0.2) is 65.8 Å². The molecule has 2 aromatic carbocycles. The Hall–Kier alpha value is -4.94. The van der Waals surface area contributed by atoms with Crippen LogP contribution < -0.4 is 10.7 Å². The summed E-state index contributed by atoms with van der Waals surface area (Å²) in [6.07, 6.45) is 1.94. The van der Waals surface area contributed by atoms with E-state index in [9.17, 15) is 29.1 Å². The molecule has 3 N–H and O–H groups in total. The van der Waals surface area contributed by atoms with Crippen molar-refractivity contribution in [2.24, 2.45) is 5.16 Å². The number of carboxylic acids is 1. The van der Waals surface area contributed by atoms with E-state index in [1.807, 2.05) is 30.3 Å². The third-order valence-electron chi connectivity index (χ3n) is 6.60. The summed E-state index contributed by atoms with van der Waals surface area (Å²) in [5.74, 6) is -2.74. The van der Waals surface area contributed by atoms with Gasteiger partial charge in [0, 0.05) is 24.9 Å². The van der Waals surface area contributed by atoms with E-state index in [0.29, 0.717) is 18.4 Å². The van der Waals surface area contributed by atoms with Crippen molar-refractivity contribution in [3.63, 3.8) is 0 Å². The maximum Gasteiger partial charge on any atom is 0.358 e. The second-order valence-electron chi connectivity index (χ2n) is 9.55. The fraction of sp³-hybridized carbons (Fsp3) is 0.357. The van der Waals surface area contributed by atoms with Crippen LogP contribution in [-0.2, 0) is 25.6 Å². The van der Waals surface area contributed by atoms with Crippen molar-refractivity contribution in [2.45, 2.75) is 44.2 Å². The summed E-state index contributed by atoms with van der Waals surface area (Å²) in [5, 5.41) is 19.1. The molecule has 2 aliphatic heterocycles. The summed E-state index contributed by atoms with van der Waals surface area (Å²) < 4.78 is 0. The molecule has 0 radical (unpaired) electrons. The maximum absolute atomic E-state index is 13.6. The number of amides is 5. The molecule has 2 atom stereocenters. The van der Waals surface area contributed by atoms with Gasteiger partial charge in [0.15, 0.2) is 0 Å². The van der Waals surface area contributed by atoms with Gasteiger partial charge in [-0.3, -0.25) is 24.6 Å². The molecule has 2 heterocycles. The topological polar surface area (TPSA) is 161 Å². The average Bonchev–Trinajstić information content (AvgIpc) is 3.09. The van der Waals surface area contributed by atoms with Crippen LogP contribution in [0.1, 0.15) is 41.6 Å². The van der Waals surface area contributed by atoms with Crippen LogP contribution in [0.2, 0.25) is 0 Å². The Morgan fingerprint density at radius 1 is 1.05 bits per heavy atom. The zero-order valence-corrected chi connectivity index (χ0v) is 22.3. The summed E-state index contributed by atoms with van der Waals surface area (Å²) in [6.45, 7) is 0.400. The highest BCUT2D eigenvalue weighted by atomic mass is 16.6. The number of urea groups is 1. The van der Waals surface area contributed by atoms with Gasteiger partial charge in [-0.2, -0.15) is 0 Å². The number of nitrogens with zero attached hydrogens (tertiary/aromatic N) is 4. The Morgan fingerprint density at radius 2 is 1.76 bits per heavy atom. The fourth-order valence-corrected chi connectivity index (χ4v) is 4.58. The fourth-order valence-electron chi connectivity index (χ4n) is 4.58. The third kappa shape index (κ3) is 7.81. The van der Waals surface area contributed by atoms with E-state index in [4.69, 9.17) is 4.84 Å². The Labute approximate surface area is 236 Å². The van der Waals surface area contributed by atoms with Crippen molar-refractivity contribution < 1.29 is 33.9 Å². The van der Waals surface area contributed by atoms with Crippen LogP contribution in [0.5, 0.6) is 0 Å². The summed E-state index contributed by atoms with van der Waals surface area (Å²) in [4.78, 5) is 69.3. The standard InChI is InChI=1S/C28H32N6O7/c35-24-13-16-32(31-26(38)21-10-5-2-6-11-21)28(40)34-23(12-7-15-33(24)34)27(39)30-22(18-25(36)37)19-29-41-17-14-20-8-3-1-4-9-20/h1-6,8-11,19,22-23H,7,12-18H2,(H,30,39)(H,31,38)(H,36,37). The highest BCUT2D eigenvalue weighted by molar-refractivity contribution is 5.97. The van der Waals surface area contributed by atoms with Crippen LogP contribution in [0.4, 0.5) is 4.79 Å². The first-order chi connectivity index (χ1) is 19.8. The van der Waals surface area contributed by atoms with Crippen LogP contribution in [0.3, 0.4) is 0 Å². The van der Waals surface area contributed by atoms with Crippen LogP contribution in [0, 0.1) is 0 Å². The summed E-state index contributed by atoms with van der Waals surface area (Å²) in [5.41, 5.74) is 3.90. The zero-order valence-electron chi connectivity index (χ0n) is 22.3. The number of aliphatic carboxylic acids is 1. The number of benzene rings is 2. The Bertz CT molecular complexity index is 1270. The van der Waals surface area contributed by atoms with Crippen LogP contribution in [-0.4, -0.2) is 87.8 Å². The lowest BCUT2D eigenvalue weighted by atomic mass is 10.1. The number of hydrogen-bond acceptors (Lipinski definition) is 7. The third-order valence-corrected chi connectivity index (χ3v) is 6.60. The highest BCUT2D eigenvalue weighted by Crippen LogP contribution is 2.24. The molecule has 0 saturated carbocycles. The second-order valence-corrected chi connectivity index (χ2v) is 9.55. The van der Waals surface area contributed by atoms with E-state index in [2.05, 4.69) is 15.9 Å². The first kappa shape index (κ1) is 29.1. The molecular formula is C28H32N6O7. The molecule has 13 heteroatoms. The van der Waals surface area contributed by atoms with Gasteiger partial charge in [-0.15, -0.1) is 0 Å². The lowest BCUT2D eigenvalue weighted by Gasteiger charge is -2.43. The van der Waals surface area contributed by atoms with Crippen molar-refractivity contribution in [2.75, 3.05) is 19.7 Å². The number of carboxylic acid groups (broad SMARTS) is 1. The number of carbonyl (C=O) groups excluding carboxylic acids is 4. The zero-order chi connectivity index (χ0) is 29.2. The minimum atomic E-state index is -1.17. The van der Waals surface area contributed by atoms with Gasteiger partial charge in [-0.25, -0.2) is 19.8 Å². The second kappa shape index (κ2) is 13.9. The first-order valence-electron chi connectivity index (χ1n) is 13.3. The molecule has 2 unspecified atom stereocenters. The van der Waals surface area contributed by atoms with Crippen molar-refractivity contribution in [3.8, 4) is 0 Å². The van der Waals surface area contributed by atoms with E-state index < -0.39 is 42.3 Å². The van der Waals surface area contributed by atoms with Crippen LogP contribution >= 0.6 is 0 Å². The molecule has 5 amide bonds. The summed E-state index contributed by atoms with van der Waals surface area (Å²) in [6, 6.07) is 15.0. The van der Waals surface area contributed by atoms with Gasteiger partial charge >= 0.3 is 12.0 Å². The minimum absolute atomic E-state index is 0.0553. The first-order valence-corrected chi connectivity index (χ1v) is 13.3. The van der Waals surface area contributed by atoms with E-state index in [-0.39, 0.29) is 38.4 Å². The van der Waals surface area contributed by atoms with Gasteiger partial charge in [0.1, 0.15) is 12.6 Å². The highest BCUT2D eigenvalue weighted by Gasteiger charge is 2.44. The number of carbonyl (C=O) groups is 5. The number of oxime groups is 1. The number of nitrogens with one attached hydrogen (secondary N) is 2. The number of fused-ring (bicyclic) bond motifs is 1. The molecular weight excluding hydrogens is 532 g/mol. The quantitative estimate of drug-likeness (QED) is 0.212. The SMILES string of the molecule is O=C(O)CC(C=NOCCc1ccccc1)NC(=O)C1CCCN2C(=O)CCN(NC(=O)c3ccccc3)C(=O)N12. The summed E-state index contributed by atoms with van der Waals surface area (Å²) >= 11 is 0. The van der Waals surface area contributed by atoms with Gasteiger partial charge in [0.2, 0.25) is 11.8 Å². The van der Waals surface area contributed by atoms with Crippen molar-refractivity contribution in [1.29, 1.82) is 0 Å². The predicted molar refractivity (Wildman–Crippen MR) is 146 cm³/mol. The van der Waals surface area contributed by atoms with Gasteiger partial charge in [-0.05, 0) is 30.5 Å². The van der Waals surface area contributed by atoms with Gasteiger partial charge in [0.05, 0.1) is 25.2 Å². The Morgan fingerprint density at radius 3 is 2.46 bits per heavy atom. The predicted octanol–water partition coefficient (Wildman–Crippen LogP) is 1.57. The number of rotatable bonds is 11.